The van der Waals surface area contributed by atoms with Gasteiger partial charge in [0.1, 0.15) is 0 Å². The zero-order chi connectivity index (χ0) is 15.6. The van der Waals surface area contributed by atoms with E-state index in [0.717, 1.165) is 44.7 Å². The highest BCUT2D eigenvalue weighted by atomic mass is 16.5. The number of carboxylic acids is 1. The Bertz CT molecular complexity index is 564. The summed E-state index contributed by atoms with van der Waals surface area (Å²) < 4.78 is 5.46. The number of aromatic carboxylic acids is 1. The Morgan fingerprint density at radius 3 is 2.68 bits per heavy atom. The number of carboxylic acid groups (broad SMARTS) is 1. The molecule has 1 atom stereocenters. The fourth-order valence-corrected chi connectivity index (χ4v) is 3.13. The van der Waals surface area contributed by atoms with Gasteiger partial charge in [0, 0.05) is 31.7 Å². The SMILES string of the molecule is O=C(O)c1ccc(CNC(=O)N2CCC3(CCOC3)C2)cc1. The lowest BCUT2D eigenvalue weighted by Crippen LogP contribution is -2.39. The number of ether oxygens (including phenoxy) is 1. The topological polar surface area (TPSA) is 78.9 Å². The Labute approximate surface area is 129 Å². The van der Waals surface area contributed by atoms with Crippen LogP contribution in [0.2, 0.25) is 0 Å². The van der Waals surface area contributed by atoms with Gasteiger partial charge in [0.05, 0.1) is 12.2 Å². The number of hydrogen-bond acceptors (Lipinski definition) is 3. The molecule has 1 spiro atoms. The molecule has 1 aromatic rings. The molecule has 1 unspecified atom stereocenters. The lowest BCUT2D eigenvalue weighted by molar-refractivity contribution is 0.0697. The van der Waals surface area contributed by atoms with E-state index in [0.29, 0.717) is 6.54 Å². The highest BCUT2D eigenvalue weighted by Gasteiger charge is 2.42. The number of benzene rings is 1. The van der Waals surface area contributed by atoms with E-state index < -0.39 is 5.97 Å². The first-order valence-electron chi connectivity index (χ1n) is 7.51. The average Bonchev–Trinajstić information content (AvgIpc) is 3.16. The van der Waals surface area contributed by atoms with Crippen LogP contribution in [0.1, 0.15) is 28.8 Å². The summed E-state index contributed by atoms with van der Waals surface area (Å²) in [5.41, 5.74) is 1.30. The predicted octanol–water partition coefficient (Wildman–Crippen LogP) is 1.71. The molecule has 0 saturated carbocycles. The standard InChI is InChI=1S/C16H20N2O4/c19-14(20)13-3-1-12(2-4-13)9-17-15(21)18-7-5-16(10-18)6-8-22-11-16/h1-4H,5-11H2,(H,17,21)(H,19,20). The minimum Gasteiger partial charge on any atom is -0.478 e. The third-order valence-corrected chi connectivity index (χ3v) is 4.56. The van der Waals surface area contributed by atoms with Crippen LogP contribution in [0.15, 0.2) is 24.3 Å². The molecule has 1 aromatic carbocycles. The number of rotatable bonds is 3. The minimum absolute atomic E-state index is 0.0638. The van der Waals surface area contributed by atoms with Gasteiger partial charge in [0.2, 0.25) is 0 Å². The van der Waals surface area contributed by atoms with Crippen molar-refractivity contribution in [2.24, 2.45) is 5.41 Å². The average molecular weight is 304 g/mol. The first kappa shape index (κ1) is 14.8. The van der Waals surface area contributed by atoms with E-state index in [1.165, 1.54) is 0 Å². The summed E-state index contributed by atoms with van der Waals surface area (Å²) in [6.07, 6.45) is 2.04. The Morgan fingerprint density at radius 1 is 1.27 bits per heavy atom. The largest absolute Gasteiger partial charge is 0.478 e. The summed E-state index contributed by atoms with van der Waals surface area (Å²) in [5, 5.41) is 11.7. The number of urea groups is 1. The second kappa shape index (κ2) is 5.96. The maximum atomic E-state index is 12.2. The van der Waals surface area contributed by atoms with Crippen molar-refractivity contribution in [1.29, 1.82) is 0 Å². The van der Waals surface area contributed by atoms with Crippen LogP contribution in [0.5, 0.6) is 0 Å². The number of likely N-dealkylation sites (tertiary alicyclic amines) is 1. The predicted molar refractivity (Wildman–Crippen MR) is 79.7 cm³/mol. The Balaban J connectivity index is 1.51. The zero-order valence-corrected chi connectivity index (χ0v) is 12.4. The van der Waals surface area contributed by atoms with E-state index in [4.69, 9.17) is 9.84 Å². The molecule has 2 fully saturated rings. The molecular formula is C16H20N2O4. The van der Waals surface area contributed by atoms with Crippen molar-refractivity contribution >= 4 is 12.0 Å². The molecule has 2 aliphatic rings. The lowest BCUT2D eigenvalue weighted by Gasteiger charge is -2.22. The van der Waals surface area contributed by atoms with Crippen LogP contribution in [-0.4, -0.2) is 48.3 Å². The van der Waals surface area contributed by atoms with Crippen LogP contribution in [0.3, 0.4) is 0 Å². The molecule has 6 nitrogen and oxygen atoms in total. The molecule has 6 heteroatoms. The number of hydrogen-bond donors (Lipinski definition) is 2. The van der Waals surface area contributed by atoms with Crippen LogP contribution >= 0.6 is 0 Å². The highest BCUT2D eigenvalue weighted by Crippen LogP contribution is 2.38. The molecule has 0 bridgehead atoms. The molecule has 2 heterocycles. The molecule has 2 saturated heterocycles. The van der Waals surface area contributed by atoms with Crippen molar-refractivity contribution in [2.75, 3.05) is 26.3 Å². The number of amides is 2. The highest BCUT2D eigenvalue weighted by molar-refractivity contribution is 5.87. The number of nitrogens with zero attached hydrogens (tertiary/aromatic N) is 1. The monoisotopic (exact) mass is 304 g/mol. The molecule has 0 aromatic heterocycles. The smallest absolute Gasteiger partial charge is 0.335 e. The van der Waals surface area contributed by atoms with Crippen LogP contribution < -0.4 is 5.32 Å². The van der Waals surface area contributed by atoms with Crippen LogP contribution in [0, 0.1) is 5.41 Å². The van der Waals surface area contributed by atoms with Crippen molar-refractivity contribution in [3.63, 3.8) is 0 Å². The molecule has 2 N–H and O–H groups in total. The molecule has 2 amide bonds. The quantitative estimate of drug-likeness (QED) is 0.891. The van der Waals surface area contributed by atoms with Gasteiger partial charge in [0.25, 0.3) is 0 Å². The van der Waals surface area contributed by atoms with Gasteiger partial charge in [-0.25, -0.2) is 9.59 Å². The van der Waals surface area contributed by atoms with Crippen LogP contribution in [0.25, 0.3) is 0 Å². The maximum absolute atomic E-state index is 12.2. The van der Waals surface area contributed by atoms with Crippen LogP contribution in [0.4, 0.5) is 4.79 Å². The van der Waals surface area contributed by atoms with Crippen molar-refractivity contribution in [1.82, 2.24) is 10.2 Å². The van der Waals surface area contributed by atoms with Gasteiger partial charge in [-0.3, -0.25) is 0 Å². The van der Waals surface area contributed by atoms with Gasteiger partial charge < -0.3 is 20.1 Å². The van der Waals surface area contributed by atoms with Gasteiger partial charge in [-0.05, 0) is 30.5 Å². The summed E-state index contributed by atoms with van der Waals surface area (Å²) in [6, 6.07) is 6.47. The van der Waals surface area contributed by atoms with E-state index in [9.17, 15) is 9.59 Å². The number of carbonyl (C=O) groups excluding carboxylic acids is 1. The maximum Gasteiger partial charge on any atom is 0.335 e. The Hall–Kier alpha value is -2.08. The second-order valence-electron chi connectivity index (χ2n) is 6.13. The zero-order valence-electron chi connectivity index (χ0n) is 12.4. The summed E-state index contributed by atoms with van der Waals surface area (Å²) in [7, 11) is 0. The van der Waals surface area contributed by atoms with Gasteiger partial charge in [-0.15, -0.1) is 0 Å². The number of carbonyl (C=O) groups is 2. The first-order valence-corrected chi connectivity index (χ1v) is 7.51. The summed E-state index contributed by atoms with van der Waals surface area (Å²) in [6.45, 7) is 3.49. The number of nitrogens with one attached hydrogen (secondary N) is 1. The van der Waals surface area contributed by atoms with Crippen LogP contribution in [-0.2, 0) is 11.3 Å². The van der Waals surface area contributed by atoms with E-state index >= 15 is 0 Å². The molecule has 0 aliphatic carbocycles. The van der Waals surface area contributed by atoms with E-state index in [-0.39, 0.29) is 17.0 Å². The van der Waals surface area contributed by atoms with Crippen molar-refractivity contribution in [3.05, 3.63) is 35.4 Å². The first-order chi connectivity index (χ1) is 10.6. The lowest BCUT2D eigenvalue weighted by atomic mass is 9.87. The van der Waals surface area contributed by atoms with E-state index in [1.54, 1.807) is 24.3 Å². The van der Waals surface area contributed by atoms with Gasteiger partial charge in [-0.1, -0.05) is 12.1 Å². The molecular weight excluding hydrogens is 284 g/mol. The van der Waals surface area contributed by atoms with Crippen molar-refractivity contribution in [3.8, 4) is 0 Å². The fourth-order valence-electron chi connectivity index (χ4n) is 3.13. The molecule has 118 valence electrons. The molecule has 0 radical (unpaired) electrons. The third kappa shape index (κ3) is 3.06. The summed E-state index contributed by atoms with van der Waals surface area (Å²) in [4.78, 5) is 24.8. The minimum atomic E-state index is -0.947. The van der Waals surface area contributed by atoms with Crippen molar-refractivity contribution < 1.29 is 19.4 Å². The van der Waals surface area contributed by atoms with Crippen molar-refractivity contribution in [2.45, 2.75) is 19.4 Å². The summed E-state index contributed by atoms with van der Waals surface area (Å²) in [5.74, 6) is -0.947. The summed E-state index contributed by atoms with van der Waals surface area (Å²) >= 11 is 0. The van der Waals surface area contributed by atoms with E-state index in [2.05, 4.69) is 5.32 Å². The van der Waals surface area contributed by atoms with E-state index in [1.807, 2.05) is 4.90 Å². The Kier molecular flexibility index (Phi) is 4.02. The van der Waals surface area contributed by atoms with Gasteiger partial charge in [-0.2, -0.15) is 0 Å². The molecule has 22 heavy (non-hydrogen) atoms. The Morgan fingerprint density at radius 2 is 2.05 bits per heavy atom. The molecule has 3 rings (SSSR count). The fraction of sp³-hybridized carbons (Fsp3) is 0.500. The third-order valence-electron chi connectivity index (χ3n) is 4.56. The molecule has 2 aliphatic heterocycles. The van der Waals surface area contributed by atoms with Gasteiger partial charge >= 0.3 is 12.0 Å². The second-order valence-corrected chi connectivity index (χ2v) is 6.13. The normalized spacial score (nSPS) is 23.9. The van der Waals surface area contributed by atoms with Gasteiger partial charge in [0.15, 0.2) is 0 Å².